The van der Waals surface area contributed by atoms with Crippen molar-refractivity contribution in [2.24, 2.45) is 0 Å². The molecule has 3 heterocycles. The largest absolute Gasteiger partial charge is 0.445 e. The van der Waals surface area contributed by atoms with Crippen LogP contribution >= 0.6 is 0 Å². The molecule has 0 aliphatic carbocycles. The van der Waals surface area contributed by atoms with E-state index in [0.717, 1.165) is 22.9 Å². The highest BCUT2D eigenvalue weighted by atomic mass is 16.4. The highest BCUT2D eigenvalue weighted by Crippen LogP contribution is 2.25. The zero-order chi connectivity index (χ0) is 16.8. The van der Waals surface area contributed by atoms with Gasteiger partial charge in [-0.15, -0.1) is 0 Å². The monoisotopic (exact) mass is 325 g/mol. The van der Waals surface area contributed by atoms with E-state index in [4.69, 9.17) is 8.83 Å². The molecule has 0 fully saturated rings. The minimum absolute atomic E-state index is 0.0225. The van der Waals surface area contributed by atoms with Gasteiger partial charge in [0, 0.05) is 31.4 Å². The molecule has 1 aliphatic heterocycles. The Morgan fingerprint density at radius 3 is 2.88 bits per heavy atom. The normalized spacial score (nSPS) is 14.4. The summed E-state index contributed by atoms with van der Waals surface area (Å²) in [5.74, 6) is 2.47. The number of benzene rings is 1. The van der Waals surface area contributed by atoms with Crippen molar-refractivity contribution in [2.45, 2.75) is 39.7 Å². The summed E-state index contributed by atoms with van der Waals surface area (Å²) in [5.41, 5.74) is 2.88. The summed E-state index contributed by atoms with van der Waals surface area (Å²) < 4.78 is 11.3. The molecular formula is C18H19N3O3. The SMILES string of the molecule is Cc1nc2ccc(C(=O)N3CCc4oc(C(C)C)nc4C3)cc2o1. The van der Waals surface area contributed by atoms with Gasteiger partial charge in [-0.1, -0.05) is 13.8 Å². The van der Waals surface area contributed by atoms with E-state index in [9.17, 15) is 4.79 Å². The topological polar surface area (TPSA) is 72.4 Å². The van der Waals surface area contributed by atoms with Gasteiger partial charge in [0.25, 0.3) is 5.91 Å². The Morgan fingerprint density at radius 2 is 2.08 bits per heavy atom. The zero-order valence-electron chi connectivity index (χ0n) is 14.0. The van der Waals surface area contributed by atoms with E-state index in [0.29, 0.717) is 36.5 Å². The molecule has 2 aromatic heterocycles. The van der Waals surface area contributed by atoms with Crippen LogP contribution in [-0.4, -0.2) is 27.3 Å². The number of aryl methyl sites for hydroxylation is 1. The van der Waals surface area contributed by atoms with Crippen LogP contribution in [0, 0.1) is 6.92 Å². The summed E-state index contributed by atoms with van der Waals surface area (Å²) in [4.78, 5) is 23.4. The molecule has 0 radical (unpaired) electrons. The molecule has 0 atom stereocenters. The molecule has 24 heavy (non-hydrogen) atoms. The van der Waals surface area contributed by atoms with Gasteiger partial charge < -0.3 is 13.7 Å². The standard InChI is InChI=1S/C18H19N3O3/c1-10(2)17-20-14-9-21(7-6-15(14)24-17)18(22)12-4-5-13-16(8-12)23-11(3)19-13/h4-5,8,10H,6-7,9H2,1-3H3. The molecular weight excluding hydrogens is 306 g/mol. The maximum atomic E-state index is 12.8. The van der Waals surface area contributed by atoms with Crippen molar-refractivity contribution in [3.8, 4) is 0 Å². The minimum atomic E-state index is -0.0225. The van der Waals surface area contributed by atoms with Crippen molar-refractivity contribution in [2.75, 3.05) is 6.54 Å². The molecule has 0 bridgehead atoms. The second-order valence-electron chi connectivity index (χ2n) is 6.47. The number of aromatic nitrogens is 2. The fraction of sp³-hybridized carbons (Fsp3) is 0.389. The van der Waals surface area contributed by atoms with E-state index >= 15 is 0 Å². The van der Waals surface area contributed by atoms with Gasteiger partial charge in [-0.2, -0.15) is 0 Å². The van der Waals surface area contributed by atoms with Crippen LogP contribution in [-0.2, 0) is 13.0 Å². The fourth-order valence-electron chi connectivity index (χ4n) is 2.99. The highest BCUT2D eigenvalue weighted by molar-refractivity contribution is 5.97. The van der Waals surface area contributed by atoms with Crippen molar-refractivity contribution in [3.05, 3.63) is 47.0 Å². The maximum Gasteiger partial charge on any atom is 0.254 e. The van der Waals surface area contributed by atoms with Crippen LogP contribution in [0.15, 0.2) is 27.0 Å². The summed E-state index contributed by atoms with van der Waals surface area (Å²) in [6.45, 7) is 7.01. The highest BCUT2D eigenvalue weighted by Gasteiger charge is 2.27. The maximum absolute atomic E-state index is 12.8. The van der Waals surface area contributed by atoms with Crippen LogP contribution in [0.4, 0.5) is 0 Å². The molecule has 6 nitrogen and oxygen atoms in total. The third kappa shape index (κ3) is 2.48. The minimum Gasteiger partial charge on any atom is -0.445 e. The Bertz CT molecular complexity index is 923. The number of carbonyl (C=O) groups excluding carboxylic acids is 1. The van der Waals surface area contributed by atoms with Crippen LogP contribution in [0.1, 0.15) is 53.4 Å². The number of nitrogens with zero attached hydrogens (tertiary/aromatic N) is 3. The van der Waals surface area contributed by atoms with Gasteiger partial charge in [0.1, 0.15) is 17.0 Å². The number of rotatable bonds is 2. The zero-order valence-corrected chi connectivity index (χ0v) is 14.0. The van der Waals surface area contributed by atoms with Crippen LogP contribution < -0.4 is 0 Å². The molecule has 4 rings (SSSR count). The van der Waals surface area contributed by atoms with Gasteiger partial charge >= 0.3 is 0 Å². The molecule has 124 valence electrons. The predicted molar refractivity (Wildman–Crippen MR) is 87.8 cm³/mol. The van der Waals surface area contributed by atoms with Crippen molar-refractivity contribution < 1.29 is 13.6 Å². The third-order valence-corrected chi connectivity index (χ3v) is 4.27. The smallest absolute Gasteiger partial charge is 0.254 e. The Balaban J connectivity index is 1.59. The first kappa shape index (κ1) is 14.9. The first-order valence-electron chi connectivity index (χ1n) is 8.16. The number of carbonyl (C=O) groups is 1. The average Bonchev–Trinajstić information content (AvgIpc) is 3.14. The lowest BCUT2D eigenvalue weighted by molar-refractivity contribution is 0.0728. The molecule has 0 unspecified atom stereocenters. The average molecular weight is 325 g/mol. The quantitative estimate of drug-likeness (QED) is 0.721. The molecule has 0 spiro atoms. The second-order valence-corrected chi connectivity index (χ2v) is 6.47. The molecule has 1 aliphatic rings. The van der Waals surface area contributed by atoms with E-state index in [1.54, 1.807) is 24.0 Å². The van der Waals surface area contributed by atoms with E-state index < -0.39 is 0 Å². The summed E-state index contributed by atoms with van der Waals surface area (Å²) in [7, 11) is 0. The van der Waals surface area contributed by atoms with Gasteiger partial charge in [-0.05, 0) is 18.2 Å². The molecule has 6 heteroatoms. The summed E-state index contributed by atoms with van der Waals surface area (Å²) in [5, 5.41) is 0. The number of fused-ring (bicyclic) bond motifs is 2. The van der Waals surface area contributed by atoms with Gasteiger partial charge in [-0.3, -0.25) is 4.79 Å². The fourth-order valence-corrected chi connectivity index (χ4v) is 2.99. The first-order chi connectivity index (χ1) is 11.5. The van der Waals surface area contributed by atoms with Crippen LogP contribution in [0.3, 0.4) is 0 Å². The van der Waals surface area contributed by atoms with E-state index in [-0.39, 0.29) is 11.8 Å². The number of oxazole rings is 2. The number of hydrogen-bond acceptors (Lipinski definition) is 5. The molecule has 3 aromatic rings. The summed E-state index contributed by atoms with van der Waals surface area (Å²) in [6.07, 6.45) is 0.699. The van der Waals surface area contributed by atoms with E-state index in [1.807, 2.05) is 6.07 Å². The van der Waals surface area contributed by atoms with Crippen molar-refractivity contribution in [1.29, 1.82) is 0 Å². The molecule has 1 aromatic carbocycles. The van der Waals surface area contributed by atoms with Gasteiger partial charge in [0.15, 0.2) is 17.4 Å². The van der Waals surface area contributed by atoms with Crippen molar-refractivity contribution >= 4 is 17.0 Å². The lowest BCUT2D eigenvalue weighted by atomic mass is 10.1. The van der Waals surface area contributed by atoms with Crippen LogP contribution in [0.25, 0.3) is 11.1 Å². The molecule has 0 saturated heterocycles. The Morgan fingerprint density at radius 1 is 1.25 bits per heavy atom. The van der Waals surface area contributed by atoms with Gasteiger partial charge in [0.05, 0.1) is 6.54 Å². The van der Waals surface area contributed by atoms with Crippen molar-refractivity contribution in [3.63, 3.8) is 0 Å². The summed E-state index contributed by atoms with van der Waals surface area (Å²) in [6, 6.07) is 5.38. The molecule has 0 N–H and O–H groups in total. The summed E-state index contributed by atoms with van der Waals surface area (Å²) >= 11 is 0. The lowest BCUT2D eigenvalue weighted by Crippen LogP contribution is -2.35. The Kier molecular flexibility index (Phi) is 3.40. The predicted octanol–water partition coefficient (Wildman–Crippen LogP) is 3.45. The Hall–Kier alpha value is -2.63. The Labute approximate surface area is 139 Å². The van der Waals surface area contributed by atoms with Gasteiger partial charge in [-0.25, -0.2) is 9.97 Å². The van der Waals surface area contributed by atoms with Crippen molar-refractivity contribution in [1.82, 2.24) is 14.9 Å². The van der Waals surface area contributed by atoms with Crippen LogP contribution in [0.2, 0.25) is 0 Å². The second kappa shape index (κ2) is 5.47. The first-order valence-corrected chi connectivity index (χ1v) is 8.16. The number of amides is 1. The number of hydrogen-bond donors (Lipinski definition) is 0. The third-order valence-electron chi connectivity index (χ3n) is 4.27. The van der Waals surface area contributed by atoms with E-state index in [1.165, 1.54) is 0 Å². The van der Waals surface area contributed by atoms with E-state index in [2.05, 4.69) is 23.8 Å². The van der Waals surface area contributed by atoms with Crippen LogP contribution in [0.5, 0.6) is 0 Å². The van der Waals surface area contributed by atoms with Gasteiger partial charge in [0.2, 0.25) is 0 Å². The lowest BCUT2D eigenvalue weighted by Gasteiger charge is -2.25. The molecule has 0 saturated carbocycles. The molecule has 1 amide bonds.